The van der Waals surface area contributed by atoms with E-state index in [2.05, 4.69) is 15.5 Å². The molecule has 0 unspecified atom stereocenters. The number of aromatic nitrogens is 1. The van der Waals surface area contributed by atoms with Gasteiger partial charge < -0.3 is 0 Å². The molecule has 120 valence electrons. The number of amides is 1. The molecule has 0 spiro atoms. The normalized spacial score (nSPS) is 15.8. The van der Waals surface area contributed by atoms with E-state index in [-0.39, 0.29) is 12.3 Å². The summed E-state index contributed by atoms with van der Waals surface area (Å²) in [6.45, 7) is 0. The topological polar surface area (TPSA) is 54.4 Å². The fourth-order valence-electron chi connectivity index (χ4n) is 2.81. The van der Waals surface area contributed by atoms with E-state index in [0.717, 1.165) is 16.3 Å². The third-order valence-electron chi connectivity index (χ3n) is 4.06. The van der Waals surface area contributed by atoms with Gasteiger partial charge in [0.2, 0.25) is 5.91 Å². The van der Waals surface area contributed by atoms with Gasteiger partial charge in [0.15, 0.2) is 0 Å². The standard InChI is InChI=1S/C18H21N3OS/c22-17(21-19-12-14-7-3-1-4-8-14)11-18-20-16(13-23-18)15-9-5-2-6-10-15/h2,5-6,9-10,12-14H,1,3-4,7-8,11H2,(H,21,22)/b19-12-. The van der Waals surface area contributed by atoms with E-state index in [9.17, 15) is 4.79 Å². The highest BCUT2D eigenvalue weighted by Crippen LogP contribution is 2.22. The van der Waals surface area contributed by atoms with Crippen molar-refractivity contribution < 1.29 is 4.79 Å². The molecule has 0 atom stereocenters. The number of nitrogens with zero attached hydrogens (tertiary/aromatic N) is 2. The van der Waals surface area contributed by atoms with Gasteiger partial charge in [-0.15, -0.1) is 11.3 Å². The number of thiazole rings is 1. The molecule has 1 aromatic heterocycles. The van der Waals surface area contributed by atoms with Crippen LogP contribution in [-0.4, -0.2) is 17.1 Å². The van der Waals surface area contributed by atoms with Gasteiger partial charge in [0, 0.05) is 17.2 Å². The molecule has 3 rings (SSSR count). The van der Waals surface area contributed by atoms with E-state index in [1.807, 2.05) is 41.9 Å². The summed E-state index contributed by atoms with van der Waals surface area (Å²) in [6, 6.07) is 10.00. The van der Waals surface area contributed by atoms with Crippen LogP contribution in [-0.2, 0) is 11.2 Å². The average Bonchev–Trinajstić information content (AvgIpc) is 3.05. The number of hydrazone groups is 1. The lowest BCUT2D eigenvalue weighted by Gasteiger charge is -2.16. The molecule has 0 aliphatic heterocycles. The molecule has 1 heterocycles. The quantitative estimate of drug-likeness (QED) is 0.666. The number of carbonyl (C=O) groups is 1. The van der Waals surface area contributed by atoms with Crippen LogP contribution in [0.1, 0.15) is 37.1 Å². The molecule has 2 aromatic rings. The Bertz CT molecular complexity index is 660. The summed E-state index contributed by atoms with van der Waals surface area (Å²) in [5.41, 5.74) is 4.62. The van der Waals surface area contributed by atoms with Gasteiger partial charge >= 0.3 is 0 Å². The maximum Gasteiger partial charge on any atom is 0.246 e. The van der Waals surface area contributed by atoms with Crippen molar-refractivity contribution in [2.45, 2.75) is 38.5 Å². The summed E-state index contributed by atoms with van der Waals surface area (Å²) in [6.07, 6.45) is 8.41. The van der Waals surface area contributed by atoms with E-state index < -0.39 is 0 Å². The Kier molecular flexibility index (Phi) is 5.53. The van der Waals surface area contributed by atoms with Crippen molar-refractivity contribution in [1.82, 2.24) is 10.4 Å². The Morgan fingerprint density at radius 3 is 2.83 bits per heavy atom. The monoisotopic (exact) mass is 327 g/mol. The molecule has 1 aromatic carbocycles. The molecular formula is C18H21N3OS. The fourth-order valence-corrected chi connectivity index (χ4v) is 3.61. The number of rotatable bonds is 5. The lowest BCUT2D eigenvalue weighted by atomic mass is 9.90. The van der Waals surface area contributed by atoms with Crippen LogP contribution < -0.4 is 5.43 Å². The highest BCUT2D eigenvalue weighted by atomic mass is 32.1. The predicted molar refractivity (Wildman–Crippen MR) is 94.5 cm³/mol. The first kappa shape index (κ1) is 15.9. The van der Waals surface area contributed by atoms with Crippen LogP contribution in [0.4, 0.5) is 0 Å². The second-order valence-electron chi connectivity index (χ2n) is 5.88. The summed E-state index contributed by atoms with van der Waals surface area (Å²) in [5, 5.41) is 6.91. The van der Waals surface area contributed by atoms with Gasteiger partial charge in [0.1, 0.15) is 5.01 Å². The van der Waals surface area contributed by atoms with E-state index in [1.54, 1.807) is 0 Å². The maximum absolute atomic E-state index is 11.9. The first-order valence-corrected chi connectivity index (χ1v) is 9.01. The predicted octanol–water partition coefficient (Wildman–Crippen LogP) is 4.03. The smallest absolute Gasteiger partial charge is 0.246 e. The van der Waals surface area contributed by atoms with E-state index in [0.29, 0.717) is 5.92 Å². The molecule has 1 amide bonds. The fraction of sp³-hybridized carbons (Fsp3) is 0.389. The van der Waals surface area contributed by atoms with Gasteiger partial charge in [-0.25, -0.2) is 10.4 Å². The van der Waals surface area contributed by atoms with Crippen molar-refractivity contribution in [2.24, 2.45) is 11.0 Å². The third-order valence-corrected chi connectivity index (χ3v) is 4.91. The Morgan fingerprint density at radius 1 is 1.26 bits per heavy atom. The Balaban J connectivity index is 1.50. The van der Waals surface area contributed by atoms with Crippen LogP contribution in [0, 0.1) is 5.92 Å². The maximum atomic E-state index is 11.9. The summed E-state index contributed by atoms with van der Waals surface area (Å²) in [4.78, 5) is 16.5. The Morgan fingerprint density at radius 2 is 2.04 bits per heavy atom. The molecule has 1 aliphatic rings. The summed E-state index contributed by atoms with van der Waals surface area (Å²) in [7, 11) is 0. The van der Waals surface area contributed by atoms with Crippen molar-refractivity contribution in [1.29, 1.82) is 0 Å². The Labute approximate surface area is 140 Å². The summed E-state index contributed by atoms with van der Waals surface area (Å²) < 4.78 is 0. The van der Waals surface area contributed by atoms with Gasteiger partial charge in [0.05, 0.1) is 12.1 Å². The average molecular weight is 327 g/mol. The van der Waals surface area contributed by atoms with Crippen molar-refractivity contribution in [3.8, 4) is 11.3 Å². The largest absolute Gasteiger partial charge is 0.273 e. The van der Waals surface area contributed by atoms with Gasteiger partial charge in [-0.3, -0.25) is 4.79 Å². The molecule has 1 saturated carbocycles. The molecule has 23 heavy (non-hydrogen) atoms. The molecule has 1 fully saturated rings. The number of benzene rings is 1. The van der Waals surface area contributed by atoms with E-state index >= 15 is 0 Å². The number of hydrogen-bond acceptors (Lipinski definition) is 4. The minimum Gasteiger partial charge on any atom is -0.273 e. The second-order valence-corrected chi connectivity index (χ2v) is 6.82. The van der Waals surface area contributed by atoms with Crippen LogP contribution in [0.5, 0.6) is 0 Å². The van der Waals surface area contributed by atoms with Gasteiger partial charge in [-0.1, -0.05) is 49.6 Å². The summed E-state index contributed by atoms with van der Waals surface area (Å²) >= 11 is 1.51. The molecule has 5 heteroatoms. The number of nitrogens with one attached hydrogen (secondary N) is 1. The molecule has 1 aliphatic carbocycles. The number of hydrogen-bond donors (Lipinski definition) is 1. The third kappa shape index (κ3) is 4.73. The first-order valence-electron chi connectivity index (χ1n) is 8.13. The zero-order valence-electron chi connectivity index (χ0n) is 13.1. The first-order chi connectivity index (χ1) is 11.3. The molecule has 4 nitrogen and oxygen atoms in total. The minimum atomic E-state index is -0.106. The van der Waals surface area contributed by atoms with Crippen LogP contribution in [0.15, 0.2) is 40.8 Å². The van der Waals surface area contributed by atoms with Crippen molar-refractivity contribution in [2.75, 3.05) is 0 Å². The molecule has 1 N–H and O–H groups in total. The van der Waals surface area contributed by atoms with Crippen LogP contribution in [0.25, 0.3) is 11.3 Å². The Hall–Kier alpha value is -2.01. The lowest BCUT2D eigenvalue weighted by Crippen LogP contribution is -2.21. The van der Waals surface area contributed by atoms with Gasteiger partial charge in [-0.2, -0.15) is 5.10 Å². The van der Waals surface area contributed by atoms with Gasteiger partial charge in [-0.05, 0) is 18.8 Å². The highest BCUT2D eigenvalue weighted by Gasteiger charge is 2.11. The van der Waals surface area contributed by atoms with Crippen LogP contribution in [0.2, 0.25) is 0 Å². The molecule has 0 bridgehead atoms. The van der Waals surface area contributed by atoms with E-state index in [1.165, 1.54) is 43.4 Å². The molecule has 0 radical (unpaired) electrons. The minimum absolute atomic E-state index is 0.106. The van der Waals surface area contributed by atoms with Crippen molar-refractivity contribution in [3.63, 3.8) is 0 Å². The zero-order valence-corrected chi connectivity index (χ0v) is 13.9. The zero-order chi connectivity index (χ0) is 15.9. The van der Waals surface area contributed by atoms with Crippen LogP contribution in [0.3, 0.4) is 0 Å². The molecule has 0 saturated heterocycles. The van der Waals surface area contributed by atoms with Gasteiger partial charge in [0.25, 0.3) is 0 Å². The van der Waals surface area contributed by atoms with Crippen LogP contribution >= 0.6 is 11.3 Å². The molecular weight excluding hydrogens is 306 g/mol. The number of carbonyl (C=O) groups excluding carboxylic acids is 1. The van der Waals surface area contributed by atoms with E-state index in [4.69, 9.17) is 0 Å². The summed E-state index contributed by atoms with van der Waals surface area (Å²) in [5.74, 6) is 0.416. The second kappa shape index (κ2) is 8.02. The highest BCUT2D eigenvalue weighted by molar-refractivity contribution is 7.10. The SMILES string of the molecule is O=C(Cc1nc(-c2ccccc2)cs1)N/N=C\C1CCCCC1. The van der Waals surface area contributed by atoms with Crippen molar-refractivity contribution >= 4 is 23.5 Å². The van der Waals surface area contributed by atoms with Crippen molar-refractivity contribution in [3.05, 3.63) is 40.7 Å². The lowest BCUT2D eigenvalue weighted by molar-refractivity contribution is -0.120.